The van der Waals surface area contributed by atoms with Crippen LogP contribution < -0.4 is 4.74 Å². The van der Waals surface area contributed by atoms with E-state index in [2.05, 4.69) is 10.2 Å². The number of methoxy groups -OCH3 is 1. The zero-order chi connectivity index (χ0) is 29.6. The molecule has 2 heterocycles. The molecule has 0 saturated heterocycles. The van der Waals surface area contributed by atoms with Gasteiger partial charge in [-0.15, -0.1) is 10.2 Å². The Balaban J connectivity index is 1.46. The number of hydrogen-bond donors (Lipinski definition) is 0. The Morgan fingerprint density at radius 1 is 1.12 bits per heavy atom. The highest BCUT2D eigenvalue weighted by Crippen LogP contribution is 2.37. The molecule has 1 amide bonds. The monoisotopic (exact) mass is 586 g/mol. The number of hydrogen-bond acceptors (Lipinski definition) is 5. The van der Waals surface area contributed by atoms with E-state index < -0.39 is 28.8 Å². The van der Waals surface area contributed by atoms with Crippen LogP contribution in [0.5, 0.6) is 5.75 Å². The van der Waals surface area contributed by atoms with Gasteiger partial charge in [-0.1, -0.05) is 29.8 Å². The second kappa shape index (κ2) is 11.0. The predicted molar refractivity (Wildman–Crippen MR) is 148 cm³/mol. The van der Waals surface area contributed by atoms with Crippen molar-refractivity contribution in [3.8, 4) is 17.1 Å². The van der Waals surface area contributed by atoms with Gasteiger partial charge in [0.05, 0.1) is 18.2 Å². The van der Waals surface area contributed by atoms with E-state index in [1.165, 1.54) is 6.07 Å². The number of carbonyl (C=O) groups is 1. The molecule has 0 spiro atoms. The van der Waals surface area contributed by atoms with Crippen LogP contribution in [0, 0.1) is 17.5 Å². The van der Waals surface area contributed by atoms with Gasteiger partial charge >= 0.3 is 0 Å². The molecule has 0 N–H and O–H groups in total. The smallest absolute Gasteiger partial charge is 0.254 e. The third-order valence-corrected chi connectivity index (χ3v) is 7.45. The average molecular weight is 587 g/mol. The third kappa shape index (κ3) is 5.38. The summed E-state index contributed by atoms with van der Waals surface area (Å²) in [6.07, 6.45) is 6.60. The maximum absolute atomic E-state index is 16.1. The van der Waals surface area contributed by atoms with Crippen molar-refractivity contribution < 1.29 is 27.4 Å². The lowest BCUT2D eigenvalue weighted by Crippen LogP contribution is -2.31. The van der Waals surface area contributed by atoms with Crippen LogP contribution in [0.15, 0.2) is 48.1 Å². The maximum Gasteiger partial charge on any atom is 0.254 e. The van der Waals surface area contributed by atoms with Gasteiger partial charge < -0.3 is 18.9 Å². The number of amides is 1. The number of rotatable bonds is 8. The van der Waals surface area contributed by atoms with Crippen LogP contribution in [0.2, 0.25) is 5.02 Å². The molecule has 216 valence electrons. The molecule has 11 heteroatoms. The van der Waals surface area contributed by atoms with Crippen LogP contribution in [0.25, 0.3) is 11.4 Å². The lowest BCUT2D eigenvalue weighted by molar-refractivity contribution is 0.0792. The Morgan fingerprint density at radius 3 is 2.41 bits per heavy atom. The van der Waals surface area contributed by atoms with E-state index in [4.69, 9.17) is 21.1 Å². The molecule has 0 saturated carbocycles. The van der Waals surface area contributed by atoms with Crippen molar-refractivity contribution in [2.24, 2.45) is 0 Å². The number of ether oxygens (including phenoxy) is 2. The number of aromatic nitrogens is 3. The first kappa shape index (κ1) is 28.9. The van der Waals surface area contributed by atoms with Crippen LogP contribution >= 0.6 is 11.6 Å². The second-order valence-corrected chi connectivity index (χ2v) is 11.3. The van der Waals surface area contributed by atoms with Gasteiger partial charge in [0.2, 0.25) is 0 Å². The molecule has 41 heavy (non-hydrogen) atoms. The van der Waals surface area contributed by atoms with Crippen molar-refractivity contribution >= 4 is 17.5 Å². The van der Waals surface area contributed by atoms with Crippen molar-refractivity contribution in [3.63, 3.8) is 0 Å². The van der Waals surface area contributed by atoms with Crippen LogP contribution in [0.1, 0.15) is 61.9 Å². The summed E-state index contributed by atoms with van der Waals surface area (Å²) in [4.78, 5) is 14.7. The fourth-order valence-electron chi connectivity index (χ4n) is 5.17. The summed E-state index contributed by atoms with van der Waals surface area (Å²) >= 11 is 5.75. The van der Waals surface area contributed by atoms with Crippen LogP contribution in [-0.2, 0) is 16.9 Å². The molecule has 1 aromatic heterocycles. The summed E-state index contributed by atoms with van der Waals surface area (Å²) in [5.74, 6) is -2.91. The van der Waals surface area contributed by atoms with E-state index in [1.807, 2.05) is 32.1 Å². The van der Waals surface area contributed by atoms with Crippen LogP contribution in [-0.4, -0.2) is 45.3 Å². The lowest BCUT2D eigenvalue weighted by Gasteiger charge is -2.28. The summed E-state index contributed by atoms with van der Waals surface area (Å²) in [5, 5.41) is 8.42. The molecule has 5 rings (SSSR count). The molecule has 1 atom stereocenters. The normalized spacial score (nSPS) is 16.9. The van der Waals surface area contributed by atoms with Gasteiger partial charge in [0.25, 0.3) is 5.91 Å². The van der Waals surface area contributed by atoms with E-state index in [-0.39, 0.29) is 52.4 Å². The highest BCUT2D eigenvalue weighted by molar-refractivity contribution is 6.30. The van der Waals surface area contributed by atoms with Crippen molar-refractivity contribution in [1.29, 1.82) is 0 Å². The second-order valence-electron chi connectivity index (χ2n) is 10.9. The highest BCUT2D eigenvalue weighted by Gasteiger charge is 2.36. The van der Waals surface area contributed by atoms with Crippen LogP contribution in [0.4, 0.5) is 13.2 Å². The highest BCUT2D eigenvalue weighted by atomic mass is 35.5. The summed E-state index contributed by atoms with van der Waals surface area (Å²) in [6.45, 7) is 7.35. The standard InChI is InChI=1S/C30H30ClF3N4O3/c1-16(2)38-27(35-36-29(38)30(3,4)41-26-23(32)12-18(31)13-24(26)33)21-11-10-20-22(25(21)34)15-37(28(20)39)14-17-6-8-19(40-5)9-7-17/h6-8,10-13,16,19H,9,14-15H2,1-5H3. The largest absolute Gasteiger partial charge is 0.474 e. The van der Waals surface area contributed by atoms with Crippen LogP contribution in [0.3, 0.4) is 0 Å². The van der Waals surface area contributed by atoms with E-state index in [0.717, 1.165) is 17.7 Å². The Labute approximate surface area is 241 Å². The molecule has 2 aliphatic rings. The molecule has 1 aliphatic carbocycles. The van der Waals surface area contributed by atoms with Gasteiger partial charge in [-0.25, -0.2) is 13.2 Å². The van der Waals surface area contributed by atoms with Gasteiger partial charge in [-0.05, 0) is 64.0 Å². The molecule has 7 nitrogen and oxygen atoms in total. The van der Waals surface area contributed by atoms with Gasteiger partial charge in [0, 0.05) is 35.8 Å². The lowest BCUT2D eigenvalue weighted by atomic mass is 10.0. The van der Waals surface area contributed by atoms with Crippen molar-refractivity contribution in [1.82, 2.24) is 19.7 Å². The SMILES string of the molecule is COC1C=CC(CN2Cc3c(ccc(-c4nnc(C(C)(C)Oc5c(F)cc(Cl)cc5F)n4C(C)C)c3F)C2=O)=CC1. The fourth-order valence-corrected chi connectivity index (χ4v) is 5.36. The molecule has 0 bridgehead atoms. The molecule has 0 fully saturated rings. The summed E-state index contributed by atoms with van der Waals surface area (Å²) < 4.78 is 57.9. The number of nitrogens with zero attached hydrogens (tertiary/aromatic N) is 4. The molecule has 1 unspecified atom stereocenters. The molecule has 3 aromatic rings. The van der Waals surface area contributed by atoms with Gasteiger partial charge in [0.1, 0.15) is 5.82 Å². The number of halogens is 4. The molecule has 1 aliphatic heterocycles. The Kier molecular flexibility index (Phi) is 7.74. The minimum Gasteiger partial charge on any atom is -0.474 e. The Morgan fingerprint density at radius 2 is 1.80 bits per heavy atom. The van der Waals surface area contributed by atoms with E-state index >= 15 is 4.39 Å². The zero-order valence-electron chi connectivity index (χ0n) is 23.3. The van der Waals surface area contributed by atoms with Crippen molar-refractivity contribution in [2.75, 3.05) is 13.7 Å². The van der Waals surface area contributed by atoms with Crippen molar-refractivity contribution in [2.45, 2.75) is 58.4 Å². The number of fused-ring (bicyclic) bond motifs is 1. The summed E-state index contributed by atoms with van der Waals surface area (Å²) in [6, 6.07) is 4.75. The predicted octanol–water partition coefficient (Wildman–Crippen LogP) is 6.77. The molecular formula is C30H30ClF3N4O3. The van der Waals surface area contributed by atoms with Gasteiger partial charge in [-0.2, -0.15) is 0 Å². The first-order valence-corrected chi connectivity index (χ1v) is 13.6. The molecular weight excluding hydrogens is 557 g/mol. The first-order valence-electron chi connectivity index (χ1n) is 13.2. The molecule has 2 aromatic carbocycles. The fraction of sp³-hybridized carbons (Fsp3) is 0.367. The van der Waals surface area contributed by atoms with E-state index in [0.29, 0.717) is 18.5 Å². The Hall–Kier alpha value is -3.63. The first-order chi connectivity index (χ1) is 19.4. The minimum atomic E-state index is -1.37. The summed E-state index contributed by atoms with van der Waals surface area (Å²) in [5.41, 5.74) is 0.330. The average Bonchev–Trinajstić information content (AvgIpc) is 3.50. The van der Waals surface area contributed by atoms with Crippen molar-refractivity contribution in [3.05, 3.63) is 87.5 Å². The van der Waals surface area contributed by atoms with Gasteiger partial charge in [-0.3, -0.25) is 4.79 Å². The van der Waals surface area contributed by atoms with Gasteiger partial charge in [0.15, 0.2) is 34.6 Å². The van der Waals surface area contributed by atoms with E-state index in [9.17, 15) is 13.6 Å². The van der Waals surface area contributed by atoms with E-state index in [1.54, 1.807) is 36.5 Å². The zero-order valence-corrected chi connectivity index (χ0v) is 24.1. The summed E-state index contributed by atoms with van der Waals surface area (Å²) in [7, 11) is 1.64. The number of carbonyl (C=O) groups excluding carboxylic acids is 1. The number of benzene rings is 2. The Bertz CT molecular complexity index is 1560. The quantitative estimate of drug-likeness (QED) is 0.291. The topological polar surface area (TPSA) is 69.5 Å². The minimum absolute atomic E-state index is 0.00745. The maximum atomic E-state index is 16.1. The third-order valence-electron chi connectivity index (χ3n) is 7.24. The molecule has 0 radical (unpaired) electrons.